The van der Waals surface area contributed by atoms with Gasteiger partial charge < -0.3 is 15.4 Å². The van der Waals surface area contributed by atoms with Crippen molar-refractivity contribution in [2.45, 2.75) is 38.8 Å². The molecule has 0 aliphatic heterocycles. The van der Waals surface area contributed by atoms with E-state index >= 15 is 0 Å². The number of benzene rings is 3. The molecule has 1 atom stereocenters. The van der Waals surface area contributed by atoms with Gasteiger partial charge in [0.25, 0.3) is 0 Å². The number of ether oxygens (including phenoxy) is 1. The predicted octanol–water partition coefficient (Wildman–Crippen LogP) is 5.12. The normalized spacial score (nSPS) is 11.4. The number of carbonyl (C=O) groups is 2. The molecule has 0 radical (unpaired) electrons. The Morgan fingerprint density at radius 2 is 1.42 bits per heavy atom. The van der Waals surface area contributed by atoms with Gasteiger partial charge in [-0.25, -0.2) is 4.79 Å². The molecule has 3 aromatic rings. The van der Waals surface area contributed by atoms with Crippen molar-refractivity contribution in [3.8, 4) is 0 Å². The van der Waals surface area contributed by atoms with Crippen molar-refractivity contribution in [2.24, 2.45) is 0 Å². The lowest BCUT2D eigenvalue weighted by molar-refractivity contribution is -0.118. The maximum Gasteiger partial charge on any atom is 0.408 e. The summed E-state index contributed by atoms with van der Waals surface area (Å²) < 4.78 is 5.31. The first kappa shape index (κ1) is 22.1. The largest absolute Gasteiger partial charge is 0.445 e. The zero-order chi connectivity index (χ0) is 21.9. The van der Waals surface area contributed by atoms with Crippen LogP contribution >= 0.6 is 0 Å². The summed E-state index contributed by atoms with van der Waals surface area (Å²) in [4.78, 5) is 25.3. The summed E-state index contributed by atoms with van der Waals surface area (Å²) in [5.74, 6) is -0.288. The Bertz CT molecular complexity index is 957. The van der Waals surface area contributed by atoms with Gasteiger partial charge >= 0.3 is 6.09 Å². The fourth-order valence-corrected chi connectivity index (χ4v) is 3.24. The van der Waals surface area contributed by atoms with Crippen LogP contribution in [0.3, 0.4) is 0 Å². The molecule has 31 heavy (non-hydrogen) atoms. The minimum absolute atomic E-state index is 0.144. The number of rotatable bonds is 9. The lowest BCUT2D eigenvalue weighted by Gasteiger charge is -2.19. The topological polar surface area (TPSA) is 67.4 Å². The molecule has 0 saturated heterocycles. The van der Waals surface area contributed by atoms with Crippen LogP contribution in [0.5, 0.6) is 0 Å². The van der Waals surface area contributed by atoms with Crippen LogP contribution in [0.2, 0.25) is 0 Å². The van der Waals surface area contributed by atoms with E-state index in [0.29, 0.717) is 12.1 Å². The Labute approximate surface area is 183 Å². The van der Waals surface area contributed by atoms with Crippen molar-refractivity contribution < 1.29 is 14.3 Å². The van der Waals surface area contributed by atoms with Gasteiger partial charge in [0, 0.05) is 12.1 Å². The first-order chi connectivity index (χ1) is 15.1. The van der Waals surface area contributed by atoms with Gasteiger partial charge in [-0.3, -0.25) is 4.79 Å². The summed E-state index contributed by atoms with van der Waals surface area (Å²) in [6, 6.07) is 26.0. The minimum Gasteiger partial charge on any atom is -0.445 e. The number of alkyl carbamates (subject to hydrolysis) is 1. The van der Waals surface area contributed by atoms with E-state index in [0.717, 1.165) is 24.0 Å². The van der Waals surface area contributed by atoms with Crippen LogP contribution < -0.4 is 10.6 Å². The molecule has 0 fully saturated rings. The summed E-state index contributed by atoms with van der Waals surface area (Å²) in [5, 5.41) is 5.62. The minimum atomic E-state index is -0.763. The first-order valence-corrected chi connectivity index (χ1v) is 10.5. The van der Waals surface area contributed by atoms with E-state index in [1.165, 1.54) is 5.56 Å². The summed E-state index contributed by atoms with van der Waals surface area (Å²) in [6.07, 6.45) is 1.80. The highest BCUT2D eigenvalue weighted by Crippen LogP contribution is 2.13. The molecular weight excluding hydrogens is 388 g/mol. The van der Waals surface area contributed by atoms with Gasteiger partial charge in [0.15, 0.2) is 0 Å². The number of hydrogen-bond acceptors (Lipinski definition) is 3. The first-order valence-electron chi connectivity index (χ1n) is 10.5. The highest BCUT2D eigenvalue weighted by atomic mass is 16.5. The van der Waals surface area contributed by atoms with Gasteiger partial charge in [0.1, 0.15) is 12.6 Å². The van der Waals surface area contributed by atoms with E-state index in [2.05, 4.69) is 17.6 Å². The molecule has 160 valence electrons. The van der Waals surface area contributed by atoms with E-state index in [9.17, 15) is 9.59 Å². The van der Waals surface area contributed by atoms with Gasteiger partial charge in [-0.2, -0.15) is 0 Å². The Morgan fingerprint density at radius 3 is 2.03 bits per heavy atom. The number of hydrogen-bond donors (Lipinski definition) is 2. The molecule has 0 unspecified atom stereocenters. The standard InChI is InChI=1S/C26H28N2O3/c1-2-9-20-14-16-23(17-15-20)27-25(29)24(18-21-10-5-3-6-11-21)28-26(30)31-19-22-12-7-4-8-13-22/h3-8,10-17,24H,2,9,18-19H2,1H3,(H,27,29)(H,28,30)/t24-/m0/s1. The van der Waals surface area contributed by atoms with Crippen molar-refractivity contribution in [3.63, 3.8) is 0 Å². The molecule has 2 N–H and O–H groups in total. The average Bonchev–Trinajstić information content (AvgIpc) is 2.80. The zero-order valence-corrected chi connectivity index (χ0v) is 17.7. The number of nitrogens with one attached hydrogen (secondary N) is 2. The second-order valence-electron chi connectivity index (χ2n) is 7.38. The van der Waals surface area contributed by atoms with Crippen molar-refractivity contribution in [1.82, 2.24) is 5.32 Å². The maximum atomic E-state index is 13.0. The number of aryl methyl sites for hydroxylation is 1. The zero-order valence-electron chi connectivity index (χ0n) is 17.7. The monoisotopic (exact) mass is 416 g/mol. The molecule has 3 rings (SSSR count). The van der Waals surface area contributed by atoms with Gasteiger partial charge in [-0.15, -0.1) is 0 Å². The van der Waals surface area contributed by atoms with Crippen LogP contribution in [0.25, 0.3) is 0 Å². The van der Waals surface area contributed by atoms with E-state index in [1.807, 2.05) is 84.9 Å². The highest BCUT2D eigenvalue weighted by Gasteiger charge is 2.22. The molecule has 0 spiro atoms. The molecule has 5 heteroatoms. The van der Waals surface area contributed by atoms with Crippen LogP contribution in [0, 0.1) is 0 Å². The molecule has 0 aromatic heterocycles. The number of carbonyl (C=O) groups excluding carboxylic acids is 2. The average molecular weight is 417 g/mol. The summed E-state index contributed by atoms with van der Waals surface area (Å²) >= 11 is 0. The second-order valence-corrected chi connectivity index (χ2v) is 7.38. The van der Waals surface area contributed by atoms with Gasteiger partial charge in [0.2, 0.25) is 5.91 Å². The molecule has 0 aliphatic rings. The summed E-state index contributed by atoms with van der Waals surface area (Å²) in [6.45, 7) is 2.28. The fourth-order valence-electron chi connectivity index (χ4n) is 3.24. The third-order valence-corrected chi connectivity index (χ3v) is 4.86. The molecule has 5 nitrogen and oxygen atoms in total. The lowest BCUT2D eigenvalue weighted by atomic mass is 10.1. The van der Waals surface area contributed by atoms with E-state index in [-0.39, 0.29) is 12.5 Å². The Kier molecular flexibility index (Phi) is 8.23. The van der Waals surface area contributed by atoms with E-state index in [1.54, 1.807) is 0 Å². The van der Waals surface area contributed by atoms with Gasteiger partial charge in [0.05, 0.1) is 0 Å². The van der Waals surface area contributed by atoms with Crippen molar-refractivity contribution in [2.75, 3.05) is 5.32 Å². The smallest absolute Gasteiger partial charge is 0.408 e. The third kappa shape index (κ3) is 7.30. The summed E-state index contributed by atoms with van der Waals surface area (Å²) in [7, 11) is 0. The Hall–Kier alpha value is -3.60. The molecule has 0 aliphatic carbocycles. The van der Waals surface area contributed by atoms with E-state index < -0.39 is 12.1 Å². The van der Waals surface area contributed by atoms with Crippen molar-refractivity contribution in [1.29, 1.82) is 0 Å². The fraction of sp³-hybridized carbons (Fsp3) is 0.231. The molecule has 0 heterocycles. The number of amides is 2. The Morgan fingerprint density at radius 1 is 0.806 bits per heavy atom. The van der Waals surface area contributed by atoms with Crippen LogP contribution in [-0.2, 0) is 29.0 Å². The molecule has 2 amide bonds. The SMILES string of the molecule is CCCc1ccc(NC(=O)[C@H](Cc2ccccc2)NC(=O)OCc2ccccc2)cc1. The van der Waals surface area contributed by atoms with Crippen molar-refractivity contribution in [3.05, 3.63) is 102 Å². The number of anilines is 1. The van der Waals surface area contributed by atoms with Crippen molar-refractivity contribution >= 4 is 17.7 Å². The summed E-state index contributed by atoms with van der Waals surface area (Å²) in [5.41, 5.74) is 3.75. The van der Waals surface area contributed by atoms with Crippen LogP contribution in [-0.4, -0.2) is 18.0 Å². The molecular formula is C26H28N2O3. The predicted molar refractivity (Wildman–Crippen MR) is 123 cm³/mol. The second kappa shape index (κ2) is 11.6. The molecule has 3 aromatic carbocycles. The van der Waals surface area contributed by atoms with Crippen LogP contribution in [0.4, 0.5) is 10.5 Å². The quantitative estimate of drug-likeness (QED) is 0.509. The molecule has 0 bridgehead atoms. The van der Waals surface area contributed by atoms with Gasteiger partial charge in [-0.1, -0.05) is 86.1 Å². The van der Waals surface area contributed by atoms with Crippen LogP contribution in [0.1, 0.15) is 30.0 Å². The third-order valence-electron chi connectivity index (χ3n) is 4.86. The highest BCUT2D eigenvalue weighted by molar-refractivity contribution is 5.96. The lowest BCUT2D eigenvalue weighted by Crippen LogP contribution is -2.45. The van der Waals surface area contributed by atoms with Crippen LogP contribution in [0.15, 0.2) is 84.9 Å². The maximum absolute atomic E-state index is 13.0. The Balaban J connectivity index is 1.64. The van der Waals surface area contributed by atoms with E-state index in [4.69, 9.17) is 4.74 Å². The molecule has 0 saturated carbocycles. The van der Waals surface area contributed by atoms with Gasteiger partial charge in [-0.05, 0) is 35.2 Å².